The van der Waals surface area contributed by atoms with Crippen molar-refractivity contribution in [1.82, 2.24) is 24.1 Å². The maximum atomic E-state index is 5.22. The summed E-state index contributed by atoms with van der Waals surface area (Å²) in [6, 6.07) is 70.4. The largest absolute Gasteiger partial charge is 0.309 e. The molecule has 0 aliphatic heterocycles. The molecular weight excluding hydrogens is 683 g/mol. The van der Waals surface area contributed by atoms with Crippen molar-refractivity contribution in [2.45, 2.75) is 0 Å². The Labute approximate surface area is 323 Å². The molecule has 0 saturated heterocycles. The summed E-state index contributed by atoms with van der Waals surface area (Å²) in [5.41, 5.74) is 12.1. The van der Waals surface area contributed by atoms with Crippen molar-refractivity contribution in [1.29, 1.82) is 0 Å². The number of benzene rings is 8. The molecule has 0 unspecified atom stereocenters. The fraction of sp³-hybridized carbons (Fsp3) is 0. The standard InChI is InChI=1S/C51H33N5/c1-4-15-34(16-5-1)38-21-14-22-39(33-38)35-27-29-40(30-28-35)55-45-26-13-11-24-43(45)47-46(55)32-31-42-41-23-10-12-25-44(41)56(48(42)47)51-53-49(36-17-6-2-7-18-36)52-50(54-51)37-19-8-3-9-20-37/h1-33H. The first-order valence-corrected chi connectivity index (χ1v) is 18.9. The Morgan fingerprint density at radius 1 is 0.304 bits per heavy atom. The summed E-state index contributed by atoms with van der Waals surface area (Å²) in [6.45, 7) is 0. The van der Waals surface area contributed by atoms with Crippen molar-refractivity contribution >= 4 is 43.6 Å². The first-order chi connectivity index (χ1) is 27.8. The second-order valence-electron chi connectivity index (χ2n) is 14.1. The van der Waals surface area contributed by atoms with Gasteiger partial charge in [-0.1, -0.05) is 164 Å². The zero-order valence-electron chi connectivity index (χ0n) is 30.3. The Kier molecular flexibility index (Phi) is 7.42. The quantitative estimate of drug-likeness (QED) is 0.172. The van der Waals surface area contributed by atoms with E-state index < -0.39 is 0 Å². The van der Waals surface area contributed by atoms with Crippen molar-refractivity contribution in [2.75, 3.05) is 0 Å². The Hall–Kier alpha value is -7.63. The molecule has 8 aromatic carbocycles. The zero-order chi connectivity index (χ0) is 37.0. The van der Waals surface area contributed by atoms with Gasteiger partial charge in [0.25, 0.3) is 0 Å². The van der Waals surface area contributed by atoms with E-state index in [0.29, 0.717) is 17.6 Å². The van der Waals surface area contributed by atoms with E-state index in [0.717, 1.165) is 60.4 Å². The van der Waals surface area contributed by atoms with E-state index in [-0.39, 0.29) is 0 Å². The maximum Gasteiger partial charge on any atom is 0.238 e. The van der Waals surface area contributed by atoms with E-state index in [1.54, 1.807) is 0 Å². The number of para-hydroxylation sites is 2. The SMILES string of the molecule is c1ccc(-c2cccc(-c3ccc(-n4c5ccccc5c5c4ccc4c6ccccc6n(-c6nc(-c7ccccc7)nc(-c7ccccc7)n6)c45)cc3)c2)cc1. The van der Waals surface area contributed by atoms with Gasteiger partial charge in [0.1, 0.15) is 0 Å². The van der Waals surface area contributed by atoms with Crippen LogP contribution in [0.3, 0.4) is 0 Å². The van der Waals surface area contributed by atoms with E-state index in [2.05, 4.69) is 173 Å². The topological polar surface area (TPSA) is 48.5 Å². The predicted octanol–water partition coefficient (Wildman–Crippen LogP) is 12.7. The van der Waals surface area contributed by atoms with Gasteiger partial charge in [0.05, 0.1) is 22.1 Å². The molecule has 0 atom stereocenters. The van der Waals surface area contributed by atoms with Gasteiger partial charge in [0, 0.05) is 38.4 Å². The molecule has 0 radical (unpaired) electrons. The van der Waals surface area contributed by atoms with Crippen LogP contribution < -0.4 is 0 Å². The molecular formula is C51H33N5. The smallest absolute Gasteiger partial charge is 0.238 e. The predicted molar refractivity (Wildman–Crippen MR) is 230 cm³/mol. The molecule has 11 aromatic rings. The second-order valence-corrected chi connectivity index (χ2v) is 14.1. The third-order valence-electron chi connectivity index (χ3n) is 10.8. The van der Waals surface area contributed by atoms with Gasteiger partial charge in [-0.3, -0.25) is 4.57 Å². The lowest BCUT2D eigenvalue weighted by Gasteiger charge is -2.12. The van der Waals surface area contributed by atoms with Gasteiger partial charge < -0.3 is 4.57 Å². The minimum absolute atomic E-state index is 0.579. The summed E-state index contributed by atoms with van der Waals surface area (Å²) in [4.78, 5) is 15.5. The molecule has 56 heavy (non-hydrogen) atoms. The fourth-order valence-electron chi connectivity index (χ4n) is 8.20. The molecule has 0 spiro atoms. The summed E-state index contributed by atoms with van der Waals surface area (Å²) < 4.78 is 4.63. The van der Waals surface area contributed by atoms with Crippen LogP contribution in [0.1, 0.15) is 0 Å². The molecule has 0 saturated carbocycles. The van der Waals surface area contributed by atoms with Crippen molar-refractivity contribution < 1.29 is 0 Å². The minimum Gasteiger partial charge on any atom is -0.309 e. The molecule has 3 aromatic heterocycles. The number of rotatable bonds is 6. The maximum absolute atomic E-state index is 5.22. The number of hydrogen-bond donors (Lipinski definition) is 0. The molecule has 5 heteroatoms. The average molecular weight is 716 g/mol. The molecule has 0 amide bonds. The summed E-state index contributed by atoms with van der Waals surface area (Å²) >= 11 is 0. The molecule has 11 rings (SSSR count). The first-order valence-electron chi connectivity index (χ1n) is 18.9. The Balaban J connectivity index is 1.15. The highest BCUT2D eigenvalue weighted by Crippen LogP contribution is 2.42. The van der Waals surface area contributed by atoms with E-state index in [1.807, 2.05) is 36.4 Å². The lowest BCUT2D eigenvalue weighted by molar-refractivity contribution is 0.955. The molecule has 0 fully saturated rings. The molecule has 3 heterocycles. The monoisotopic (exact) mass is 715 g/mol. The van der Waals surface area contributed by atoms with Gasteiger partial charge in [-0.2, -0.15) is 9.97 Å². The van der Waals surface area contributed by atoms with Crippen LogP contribution in [0.4, 0.5) is 0 Å². The van der Waals surface area contributed by atoms with Crippen LogP contribution in [0.15, 0.2) is 200 Å². The highest BCUT2D eigenvalue weighted by atomic mass is 15.2. The van der Waals surface area contributed by atoms with Crippen molar-refractivity contribution in [3.05, 3.63) is 200 Å². The summed E-state index contributed by atoms with van der Waals surface area (Å²) in [5.74, 6) is 1.84. The summed E-state index contributed by atoms with van der Waals surface area (Å²) in [6.07, 6.45) is 0. The van der Waals surface area contributed by atoms with Crippen LogP contribution in [0, 0.1) is 0 Å². The summed E-state index contributed by atoms with van der Waals surface area (Å²) in [5, 5.41) is 4.60. The normalized spacial score (nSPS) is 11.6. The van der Waals surface area contributed by atoms with Crippen LogP contribution in [-0.2, 0) is 0 Å². The summed E-state index contributed by atoms with van der Waals surface area (Å²) in [7, 11) is 0. The van der Waals surface area contributed by atoms with Gasteiger partial charge in [0.15, 0.2) is 11.6 Å². The third kappa shape index (κ3) is 5.21. The number of aromatic nitrogens is 5. The Bertz CT molecular complexity index is 3160. The molecule has 0 bridgehead atoms. The molecule has 262 valence electrons. The first kappa shape index (κ1) is 31.9. The number of hydrogen-bond acceptors (Lipinski definition) is 3. The van der Waals surface area contributed by atoms with Gasteiger partial charge >= 0.3 is 0 Å². The van der Waals surface area contributed by atoms with Gasteiger partial charge in [-0.05, 0) is 58.7 Å². The van der Waals surface area contributed by atoms with Crippen molar-refractivity contribution in [2.24, 2.45) is 0 Å². The Morgan fingerprint density at radius 3 is 1.43 bits per heavy atom. The van der Waals surface area contributed by atoms with E-state index in [4.69, 9.17) is 15.0 Å². The van der Waals surface area contributed by atoms with Crippen molar-refractivity contribution in [3.63, 3.8) is 0 Å². The average Bonchev–Trinajstić information content (AvgIpc) is 3.80. The molecule has 0 aliphatic carbocycles. The molecule has 5 nitrogen and oxygen atoms in total. The number of fused-ring (bicyclic) bond motifs is 7. The highest BCUT2D eigenvalue weighted by Gasteiger charge is 2.23. The molecule has 0 aliphatic rings. The van der Waals surface area contributed by atoms with Crippen LogP contribution in [0.5, 0.6) is 0 Å². The highest BCUT2D eigenvalue weighted by molar-refractivity contribution is 6.26. The van der Waals surface area contributed by atoms with Crippen molar-refractivity contribution in [3.8, 4) is 56.7 Å². The third-order valence-corrected chi connectivity index (χ3v) is 10.8. The minimum atomic E-state index is 0.579. The Morgan fingerprint density at radius 2 is 0.804 bits per heavy atom. The van der Waals surface area contributed by atoms with Gasteiger partial charge in [-0.15, -0.1) is 0 Å². The van der Waals surface area contributed by atoms with Gasteiger partial charge in [-0.25, -0.2) is 4.98 Å². The lowest BCUT2D eigenvalue weighted by Crippen LogP contribution is -2.06. The zero-order valence-corrected chi connectivity index (χ0v) is 30.3. The van der Waals surface area contributed by atoms with E-state index in [1.165, 1.54) is 22.3 Å². The lowest BCUT2D eigenvalue weighted by atomic mass is 9.99. The van der Waals surface area contributed by atoms with Crippen LogP contribution in [0.2, 0.25) is 0 Å². The van der Waals surface area contributed by atoms with E-state index in [9.17, 15) is 0 Å². The van der Waals surface area contributed by atoms with Crippen LogP contribution in [0.25, 0.3) is 100 Å². The fourth-order valence-corrected chi connectivity index (χ4v) is 8.20. The van der Waals surface area contributed by atoms with Gasteiger partial charge in [0.2, 0.25) is 5.95 Å². The molecule has 0 N–H and O–H groups in total. The van der Waals surface area contributed by atoms with E-state index >= 15 is 0 Å². The second kappa shape index (κ2) is 13.0. The number of nitrogens with zero attached hydrogens (tertiary/aromatic N) is 5. The van der Waals surface area contributed by atoms with Crippen LogP contribution in [-0.4, -0.2) is 24.1 Å². The van der Waals surface area contributed by atoms with Crippen LogP contribution >= 0.6 is 0 Å².